The van der Waals surface area contributed by atoms with Crippen LogP contribution in [0.2, 0.25) is 5.02 Å². The van der Waals surface area contributed by atoms with Crippen LogP contribution in [-0.2, 0) is 0 Å². The van der Waals surface area contributed by atoms with E-state index in [1.54, 1.807) is 12.3 Å². The average Bonchev–Trinajstić information content (AvgIpc) is 2.90. The predicted octanol–water partition coefficient (Wildman–Crippen LogP) is 6.80. The van der Waals surface area contributed by atoms with Gasteiger partial charge in [0.1, 0.15) is 10.8 Å². The van der Waals surface area contributed by atoms with Gasteiger partial charge in [0.2, 0.25) is 5.95 Å². The molecule has 40 heavy (non-hydrogen) atoms. The van der Waals surface area contributed by atoms with Crippen molar-refractivity contribution in [3.63, 3.8) is 0 Å². The summed E-state index contributed by atoms with van der Waals surface area (Å²) in [6.45, 7) is 8.41. The molecule has 2 fully saturated rings. The summed E-state index contributed by atoms with van der Waals surface area (Å²) in [5.74, 6) is 1.98. The van der Waals surface area contributed by atoms with Gasteiger partial charge in [0.05, 0.1) is 29.2 Å². The molecule has 0 unspecified atom stereocenters. The molecule has 1 aliphatic heterocycles. The van der Waals surface area contributed by atoms with Crippen LogP contribution in [0, 0.1) is 6.92 Å². The molecule has 9 heteroatoms. The summed E-state index contributed by atoms with van der Waals surface area (Å²) in [7, 11) is 2.18. The minimum Gasteiger partial charge on any atom is -0.489 e. The van der Waals surface area contributed by atoms with E-state index in [1.165, 1.54) is 11.1 Å². The van der Waals surface area contributed by atoms with Crippen LogP contribution in [0.25, 0.3) is 0 Å². The molecule has 1 saturated heterocycles. The van der Waals surface area contributed by atoms with Crippen molar-refractivity contribution in [3.8, 4) is 5.75 Å². The zero-order valence-corrected chi connectivity index (χ0v) is 24.5. The number of hydrogen-bond acceptors (Lipinski definition) is 7. The molecule has 5 rings (SSSR count). The Morgan fingerprint density at radius 1 is 1.07 bits per heavy atom. The number of carbonyl (C=O) groups is 1. The normalized spacial score (nSPS) is 16.4. The summed E-state index contributed by atoms with van der Waals surface area (Å²) in [6, 6.07) is 11.9. The molecular weight excluding hydrogens is 524 g/mol. The molecule has 2 heterocycles. The Balaban J connectivity index is 1.39. The molecule has 2 aliphatic rings. The van der Waals surface area contributed by atoms with Gasteiger partial charge in [-0.2, -0.15) is 4.98 Å². The molecule has 1 amide bonds. The van der Waals surface area contributed by atoms with Crippen LogP contribution in [0.1, 0.15) is 73.4 Å². The standard InChI is InChI=1S/C31H39ClN6O2/c1-19(2)40-28-17-24(21-12-14-38(4)15-13-21)20(3)16-27(28)36-31-33-18-25(32)29(37-31)35-26-11-6-5-10-23(26)30(39)34-22-8-7-9-22/h5-6,10-11,16-19,21-22H,7-9,12-15H2,1-4H3,(H,34,39)(H2,33,35,36,37). The summed E-state index contributed by atoms with van der Waals surface area (Å²) in [5, 5.41) is 10.1. The number of likely N-dealkylation sites (tertiary alicyclic amines) is 1. The van der Waals surface area contributed by atoms with E-state index in [4.69, 9.17) is 16.3 Å². The van der Waals surface area contributed by atoms with Gasteiger partial charge in [-0.3, -0.25) is 4.79 Å². The molecule has 1 aliphatic carbocycles. The van der Waals surface area contributed by atoms with E-state index in [1.807, 2.05) is 32.0 Å². The Bertz CT molecular complexity index is 1350. The van der Waals surface area contributed by atoms with Crippen molar-refractivity contribution in [2.75, 3.05) is 30.8 Å². The van der Waals surface area contributed by atoms with E-state index >= 15 is 0 Å². The molecule has 0 bridgehead atoms. The van der Waals surface area contributed by atoms with Crippen LogP contribution < -0.4 is 20.7 Å². The van der Waals surface area contributed by atoms with Crippen molar-refractivity contribution in [2.45, 2.75) is 70.9 Å². The van der Waals surface area contributed by atoms with Gasteiger partial charge < -0.3 is 25.6 Å². The van der Waals surface area contributed by atoms with Gasteiger partial charge in [-0.25, -0.2) is 4.98 Å². The first-order valence-corrected chi connectivity index (χ1v) is 14.6. The number of aromatic nitrogens is 2. The first-order valence-electron chi connectivity index (χ1n) is 14.2. The number of para-hydroxylation sites is 1. The van der Waals surface area contributed by atoms with E-state index < -0.39 is 0 Å². The van der Waals surface area contributed by atoms with Crippen LogP contribution in [-0.4, -0.2) is 53.1 Å². The number of anilines is 4. The van der Waals surface area contributed by atoms with Gasteiger partial charge in [0.15, 0.2) is 5.82 Å². The summed E-state index contributed by atoms with van der Waals surface area (Å²) < 4.78 is 6.25. The topological polar surface area (TPSA) is 91.4 Å². The third-order valence-corrected chi connectivity index (χ3v) is 8.02. The number of nitrogens with one attached hydrogen (secondary N) is 3. The Morgan fingerprint density at radius 2 is 1.82 bits per heavy atom. The largest absolute Gasteiger partial charge is 0.489 e. The molecule has 3 aromatic rings. The van der Waals surface area contributed by atoms with E-state index in [2.05, 4.69) is 56.9 Å². The first kappa shape index (κ1) is 28.2. The number of ether oxygens (including phenoxy) is 1. The lowest BCUT2D eigenvalue weighted by Crippen LogP contribution is -2.39. The Kier molecular flexibility index (Phi) is 8.76. The Morgan fingerprint density at radius 3 is 2.52 bits per heavy atom. The van der Waals surface area contributed by atoms with E-state index in [0.29, 0.717) is 34.0 Å². The number of halogens is 1. The number of carbonyl (C=O) groups excluding carboxylic acids is 1. The van der Waals surface area contributed by atoms with Crippen LogP contribution in [0.4, 0.5) is 23.1 Å². The monoisotopic (exact) mass is 562 g/mol. The minimum atomic E-state index is -0.105. The fourth-order valence-electron chi connectivity index (χ4n) is 5.28. The smallest absolute Gasteiger partial charge is 0.253 e. The van der Waals surface area contributed by atoms with Crippen molar-refractivity contribution in [1.82, 2.24) is 20.2 Å². The van der Waals surface area contributed by atoms with Gasteiger partial charge in [0, 0.05) is 6.04 Å². The zero-order chi connectivity index (χ0) is 28.2. The van der Waals surface area contributed by atoms with Crippen molar-refractivity contribution in [3.05, 3.63) is 64.3 Å². The quantitative estimate of drug-likeness (QED) is 0.264. The number of nitrogens with zero attached hydrogens (tertiary/aromatic N) is 3. The van der Waals surface area contributed by atoms with Gasteiger partial charge in [-0.1, -0.05) is 23.7 Å². The zero-order valence-electron chi connectivity index (χ0n) is 23.8. The molecule has 212 valence electrons. The van der Waals surface area contributed by atoms with Crippen molar-refractivity contribution >= 4 is 40.6 Å². The van der Waals surface area contributed by atoms with Gasteiger partial charge in [0.25, 0.3) is 5.91 Å². The third kappa shape index (κ3) is 6.67. The molecule has 2 aromatic carbocycles. The second kappa shape index (κ2) is 12.4. The van der Waals surface area contributed by atoms with E-state index in [9.17, 15) is 4.79 Å². The fourth-order valence-corrected chi connectivity index (χ4v) is 5.42. The summed E-state index contributed by atoms with van der Waals surface area (Å²) >= 11 is 6.50. The third-order valence-electron chi connectivity index (χ3n) is 7.75. The first-order chi connectivity index (χ1) is 19.3. The highest BCUT2D eigenvalue weighted by Crippen LogP contribution is 2.38. The number of aryl methyl sites for hydroxylation is 1. The van der Waals surface area contributed by atoms with Crippen molar-refractivity contribution in [2.24, 2.45) is 0 Å². The average molecular weight is 563 g/mol. The molecule has 8 nitrogen and oxygen atoms in total. The van der Waals surface area contributed by atoms with Gasteiger partial charge in [-0.15, -0.1) is 0 Å². The highest BCUT2D eigenvalue weighted by atomic mass is 35.5. The van der Waals surface area contributed by atoms with E-state index in [-0.39, 0.29) is 18.1 Å². The molecule has 0 spiro atoms. The highest BCUT2D eigenvalue weighted by Gasteiger charge is 2.24. The van der Waals surface area contributed by atoms with Gasteiger partial charge >= 0.3 is 0 Å². The molecule has 0 radical (unpaired) electrons. The number of rotatable bonds is 9. The van der Waals surface area contributed by atoms with Gasteiger partial charge in [-0.05, 0) is 114 Å². The number of piperidine rings is 1. The second-order valence-corrected chi connectivity index (χ2v) is 11.6. The lowest BCUT2D eigenvalue weighted by Gasteiger charge is -2.30. The van der Waals surface area contributed by atoms with Crippen LogP contribution in [0.3, 0.4) is 0 Å². The number of amides is 1. The van der Waals surface area contributed by atoms with Crippen LogP contribution >= 0.6 is 11.6 Å². The molecular formula is C31H39ClN6O2. The summed E-state index contributed by atoms with van der Waals surface area (Å²) in [5.41, 5.74) is 4.54. The van der Waals surface area contributed by atoms with Crippen LogP contribution in [0.15, 0.2) is 42.6 Å². The second-order valence-electron chi connectivity index (χ2n) is 11.2. The summed E-state index contributed by atoms with van der Waals surface area (Å²) in [6.07, 6.45) is 7.05. The van der Waals surface area contributed by atoms with Crippen LogP contribution in [0.5, 0.6) is 5.75 Å². The lowest BCUT2D eigenvalue weighted by atomic mass is 9.86. The van der Waals surface area contributed by atoms with Crippen molar-refractivity contribution in [1.29, 1.82) is 0 Å². The summed E-state index contributed by atoms with van der Waals surface area (Å²) in [4.78, 5) is 24.4. The maximum Gasteiger partial charge on any atom is 0.253 e. The molecule has 1 aromatic heterocycles. The van der Waals surface area contributed by atoms with Crippen molar-refractivity contribution < 1.29 is 9.53 Å². The molecule has 0 atom stereocenters. The SMILES string of the molecule is Cc1cc(Nc2ncc(Cl)c(Nc3ccccc3C(=O)NC3CCC3)n2)c(OC(C)C)cc1C1CCN(C)CC1. The molecule has 1 saturated carbocycles. The predicted molar refractivity (Wildman–Crippen MR) is 162 cm³/mol. The Hall–Kier alpha value is -3.36. The molecule has 3 N–H and O–H groups in total. The Labute approximate surface area is 241 Å². The van der Waals surface area contributed by atoms with E-state index in [0.717, 1.165) is 56.6 Å². The number of benzene rings is 2. The maximum atomic E-state index is 12.9. The number of hydrogen-bond donors (Lipinski definition) is 3. The fraction of sp³-hybridized carbons (Fsp3) is 0.452. The lowest BCUT2D eigenvalue weighted by molar-refractivity contribution is 0.0918. The highest BCUT2D eigenvalue weighted by molar-refractivity contribution is 6.33. The minimum absolute atomic E-state index is 0.0135. The maximum absolute atomic E-state index is 12.9.